The van der Waals surface area contributed by atoms with E-state index in [1.807, 2.05) is 31.2 Å². The number of Topliss-reactive ketones (excluding diaryl/α,β-unsaturated/α-hetero) is 1. The normalized spacial score (nSPS) is 17.4. The Balaban J connectivity index is 2.02. The topological polar surface area (TPSA) is 32.3 Å². The van der Waals surface area contributed by atoms with Gasteiger partial charge in [0.1, 0.15) is 0 Å². The number of hydrogen-bond acceptors (Lipinski definition) is 3. The maximum atomic E-state index is 12.4. The summed E-state index contributed by atoms with van der Waals surface area (Å²) in [5.74, 6) is 0.239. The highest BCUT2D eigenvalue weighted by atomic mass is 16.1. The monoisotopic (exact) mass is 260 g/mol. The molecule has 1 fully saturated rings. The molecule has 0 spiro atoms. The van der Waals surface area contributed by atoms with Crippen molar-refractivity contribution in [2.24, 2.45) is 0 Å². The molecule has 1 aliphatic heterocycles. The predicted molar refractivity (Wildman–Crippen MR) is 78.6 cm³/mol. The van der Waals surface area contributed by atoms with Crippen molar-refractivity contribution in [3.05, 3.63) is 35.4 Å². The fourth-order valence-corrected chi connectivity index (χ4v) is 2.62. The van der Waals surface area contributed by atoms with E-state index in [2.05, 4.69) is 24.1 Å². The summed E-state index contributed by atoms with van der Waals surface area (Å²) < 4.78 is 0. The lowest BCUT2D eigenvalue weighted by Crippen LogP contribution is -2.54. The van der Waals surface area contributed by atoms with Crippen molar-refractivity contribution in [1.82, 2.24) is 10.2 Å². The Labute approximate surface area is 116 Å². The highest BCUT2D eigenvalue weighted by Crippen LogP contribution is 2.22. The molecule has 3 nitrogen and oxygen atoms in total. The number of nitrogens with zero attached hydrogens (tertiary/aromatic N) is 1. The molecule has 104 valence electrons. The number of ketones is 1. The third kappa shape index (κ3) is 3.64. The van der Waals surface area contributed by atoms with Crippen molar-refractivity contribution in [3.8, 4) is 0 Å². The van der Waals surface area contributed by atoms with Crippen molar-refractivity contribution in [2.45, 2.75) is 32.7 Å². The number of rotatable bonds is 4. The van der Waals surface area contributed by atoms with Crippen LogP contribution in [0.3, 0.4) is 0 Å². The summed E-state index contributed by atoms with van der Waals surface area (Å²) in [6.45, 7) is 10.5. The van der Waals surface area contributed by atoms with Crippen LogP contribution in [0.1, 0.15) is 36.2 Å². The first-order valence-corrected chi connectivity index (χ1v) is 7.05. The second-order valence-electron chi connectivity index (χ2n) is 6.02. The molecule has 1 saturated heterocycles. The summed E-state index contributed by atoms with van der Waals surface area (Å²) in [4.78, 5) is 14.8. The van der Waals surface area contributed by atoms with Crippen LogP contribution in [0.4, 0.5) is 0 Å². The highest BCUT2D eigenvalue weighted by Gasteiger charge is 2.30. The zero-order valence-electron chi connectivity index (χ0n) is 12.2. The van der Waals surface area contributed by atoms with Crippen LogP contribution in [0.15, 0.2) is 24.3 Å². The molecular weight excluding hydrogens is 236 g/mol. The van der Waals surface area contributed by atoms with Crippen molar-refractivity contribution in [2.75, 3.05) is 26.2 Å². The Hall–Kier alpha value is -1.19. The van der Waals surface area contributed by atoms with E-state index in [0.29, 0.717) is 6.42 Å². The van der Waals surface area contributed by atoms with E-state index >= 15 is 0 Å². The van der Waals surface area contributed by atoms with Crippen molar-refractivity contribution < 1.29 is 4.79 Å². The fourth-order valence-electron chi connectivity index (χ4n) is 2.62. The fraction of sp³-hybridized carbons (Fsp3) is 0.562. The first-order valence-electron chi connectivity index (χ1n) is 7.05. The van der Waals surface area contributed by atoms with Crippen molar-refractivity contribution in [1.29, 1.82) is 0 Å². The molecule has 0 atom stereocenters. The number of carbonyl (C=O) groups excluding carboxylic acids is 1. The van der Waals surface area contributed by atoms with Crippen LogP contribution in [-0.4, -0.2) is 42.4 Å². The van der Waals surface area contributed by atoms with Crippen molar-refractivity contribution >= 4 is 5.78 Å². The molecule has 0 amide bonds. The summed E-state index contributed by atoms with van der Waals surface area (Å²) in [5.41, 5.74) is 1.95. The lowest BCUT2D eigenvalue weighted by atomic mass is 9.91. The average molecular weight is 260 g/mol. The van der Waals surface area contributed by atoms with Gasteiger partial charge in [0.05, 0.1) is 0 Å². The van der Waals surface area contributed by atoms with Crippen LogP contribution in [0, 0.1) is 6.92 Å². The van der Waals surface area contributed by atoms with Gasteiger partial charge in [-0.15, -0.1) is 0 Å². The van der Waals surface area contributed by atoms with Gasteiger partial charge in [0, 0.05) is 43.7 Å². The number of aryl methyl sites for hydroxylation is 1. The molecule has 1 aromatic rings. The number of piperazine rings is 1. The van der Waals surface area contributed by atoms with E-state index in [1.165, 1.54) is 5.56 Å². The van der Waals surface area contributed by atoms with Crippen LogP contribution in [0.2, 0.25) is 0 Å². The van der Waals surface area contributed by atoms with Gasteiger partial charge in [-0.25, -0.2) is 0 Å². The summed E-state index contributed by atoms with van der Waals surface area (Å²) in [5, 5.41) is 3.35. The highest BCUT2D eigenvalue weighted by molar-refractivity contribution is 5.96. The molecule has 2 rings (SSSR count). The smallest absolute Gasteiger partial charge is 0.164 e. The summed E-state index contributed by atoms with van der Waals surface area (Å²) in [7, 11) is 0. The maximum Gasteiger partial charge on any atom is 0.164 e. The Kier molecular flexibility index (Phi) is 4.38. The Bertz CT molecular complexity index is 431. The van der Waals surface area contributed by atoms with E-state index in [9.17, 15) is 4.79 Å². The molecular formula is C16H24N2O. The summed E-state index contributed by atoms with van der Waals surface area (Å²) >= 11 is 0. The standard InChI is InChI=1S/C16H24N2O/c1-13-4-6-14(7-5-13)15(19)12-16(2,3)18-10-8-17-9-11-18/h4-7,17H,8-12H2,1-3H3. The van der Waals surface area contributed by atoms with Gasteiger partial charge in [-0.1, -0.05) is 29.8 Å². The minimum atomic E-state index is -0.0654. The Morgan fingerprint density at radius 1 is 1.21 bits per heavy atom. The Morgan fingerprint density at radius 2 is 1.79 bits per heavy atom. The quantitative estimate of drug-likeness (QED) is 0.843. The molecule has 1 heterocycles. The third-order valence-electron chi connectivity index (χ3n) is 3.94. The minimum absolute atomic E-state index is 0.0654. The van der Waals surface area contributed by atoms with E-state index in [4.69, 9.17) is 0 Å². The van der Waals surface area contributed by atoms with Gasteiger partial charge in [0.2, 0.25) is 0 Å². The molecule has 0 bridgehead atoms. The molecule has 0 unspecified atom stereocenters. The summed E-state index contributed by atoms with van der Waals surface area (Å²) in [6, 6.07) is 7.88. The predicted octanol–water partition coefficient (Wildman–Crippen LogP) is 2.25. The Morgan fingerprint density at radius 3 is 2.37 bits per heavy atom. The van der Waals surface area contributed by atoms with Crippen molar-refractivity contribution in [3.63, 3.8) is 0 Å². The maximum absolute atomic E-state index is 12.4. The van der Waals surface area contributed by atoms with E-state index in [0.717, 1.165) is 31.7 Å². The van der Waals surface area contributed by atoms with Gasteiger partial charge in [-0.2, -0.15) is 0 Å². The molecule has 1 aromatic carbocycles. The second-order valence-corrected chi connectivity index (χ2v) is 6.02. The average Bonchev–Trinajstić information content (AvgIpc) is 2.40. The minimum Gasteiger partial charge on any atom is -0.314 e. The van der Waals surface area contributed by atoms with Gasteiger partial charge in [0.25, 0.3) is 0 Å². The van der Waals surface area contributed by atoms with Crippen LogP contribution in [0.25, 0.3) is 0 Å². The second kappa shape index (κ2) is 5.85. The molecule has 1 N–H and O–H groups in total. The van der Waals surface area contributed by atoms with Crippen LogP contribution >= 0.6 is 0 Å². The molecule has 19 heavy (non-hydrogen) atoms. The number of benzene rings is 1. The number of nitrogens with one attached hydrogen (secondary N) is 1. The third-order valence-corrected chi connectivity index (χ3v) is 3.94. The van der Waals surface area contributed by atoms with E-state index in [1.54, 1.807) is 0 Å². The lowest BCUT2D eigenvalue weighted by molar-refractivity contribution is 0.0729. The van der Waals surface area contributed by atoms with Gasteiger partial charge in [-0.05, 0) is 20.8 Å². The van der Waals surface area contributed by atoms with E-state index < -0.39 is 0 Å². The van der Waals surface area contributed by atoms with Gasteiger partial charge in [0.15, 0.2) is 5.78 Å². The van der Waals surface area contributed by atoms with E-state index in [-0.39, 0.29) is 11.3 Å². The molecule has 0 aliphatic carbocycles. The zero-order chi connectivity index (χ0) is 13.9. The molecule has 3 heteroatoms. The molecule has 1 aliphatic rings. The molecule has 0 saturated carbocycles. The zero-order valence-corrected chi connectivity index (χ0v) is 12.2. The van der Waals surface area contributed by atoms with Gasteiger partial charge >= 0.3 is 0 Å². The van der Waals surface area contributed by atoms with Crippen LogP contribution in [0.5, 0.6) is 0 Å². The molecule has 0 radical (unpaired) electrons. The van der Waals surface area contributed by atoms with Crippen LogP contribution < -0.4 is 5.32 Å². The largest absolute Gasteiger partial charge is 0.314 e. The lowest BCUT2D eigenvalue weighted by Gasteiger charge is -2.40. The van der Waals surface area contributed by atoms with Gasteiger partial charge < -0.3 is 5.32 Å². The molecule has 0 aromatic heterocycles. The number of carbonyl (C=O) groups is 1. The van der Waals surface area contributed by atoms with Crippen LogP contribution in [-0.2, 0) is 0 Å². The number of hydrogen-bond donors (Lipinski definition) is 1. The van der Waals surface area contributed by atoms with Gasteiger partial charge in [-0.3, -0.25) is 9.69 Å². The SMILES string of the molecule is Cc1ccc(C(=O)CC(C)(C)N2CCNCC2)cc1. The first-order chi connectivity index (χ1) is 8.99. The first kappa shape index (κ1) is 14.2. The summed E-state index contributed by atoms with van der Waals surface area (Å²) in [6.07, 6.45) is 0.579.